The number of imide groups is 1. The van der Waals surface area contributed by atoms with Gasteiger partial charge in [0.15, 0.2) is 0 Å². The normalized spacial score (nSPS) is 26.6. The summed E-state index contributed by atoms with van der Waals surface area (Å²) in [4.78, 5) is 25.9. The van der Waals surface area contributed by atoms with Crippen LogP contribution in [0.15, 0.2) is 36.4 Å². The second-order valence-corrected chi connectivity index (χ2v) is 5.03. The molecule has 0 bridgehead atoms. The monoisotopic (exact) mass is 261 g/mol. The second-order valence-electron chi connectivity index (χ2n) is 4.62. The molecule has 4 heteroatoms. The molecule has 1 fully saturated rings. The van der Waals surface area contributed by atoms with Crippen LogP contribution in [0.2, 0.25) is 5.02 Å². The van der Waals surface area contributed by atoms with Crippen LogP contribution >= 0.6 is 11.6 Å². The molecule has 3 nitrogen and oxygen atoms in total. The van der Waals surface area contributed by atoms with Crippen molar-refractivity contribution in [3.05, 3.63) is 41.4 Å². The Morgan fingerprint density at radius 3 is 2.11 bits per heavy atom. The van der Waals surface area contributed by atoms with E-state index in [0.717, 1.165) is 0 Å². The lowest BCUT2D eigenvalue weighted by Gasteiger charge is -2.15. The summed E-state index contributed by atoms with van der Waals surface area (Å²) in [7, 11) is 0. The van der Waals surface area contributed by atoms with Crippen LogP contribution in [0.1, 0.15) is 12.8 Å². The van der Waals surface area contributed by atoms with Crippen molar-refractivity contribution in [1.29, 1.82) is 0 Å². The lowest BCUT2D eigenvalue weighted by atomic mass is 9.85. The highest BCUT2D eigenvalue weighted by atomic mass is 35.5. The Kier molecular flexibility index (Phi) is 2.71. The van der Waals surface area contributed by atoms with Crippen LogP contribution in [0.25, 0.3) is 0 Å². The molecular formula is C14H12ClNO2. The van der Waals surface area contributed by atoms with Crippen molar-refractivity contribution in [2.45, 2.75) is 12.8 Å². The Morgan fingerprint density at radius 1 is 1.00 bits per heavy atom. The maximum Gasteiger partial charge on any atom is 0.238 e. The van der Waals surface area contributed by atoms with Crippen LogP contribution in [0.5, 0.6) is 0 Å². The maximum absolute atomic E-state index is 12.3. The molecule has 0 unspecified atom stereocenters. The lowest BCUT2D eigenvalue weighted by molar-refractivity contribution is -0.122. The van der Waals surface area contributed by atoms with E-state index < -0.39 is 0 Å². The van der Waals surface area contributed by atoms with Gasteiger partial charge in [-0.1, -0.05) is 35.9 Å². The lowest BCUT2D eigenvalue weighted by Crippen LogP contribution is -2.31. The maximum atomic E-state index is 12.3. The van der Waals surface area contributed by atoms with Gasteiger partial charge in [0, 0.05) is 0 Å². The van der Waals surface area contributed by atoms with Crippen LogP contribution in [0.4, 0.5) is 5.69 Å². The SMILES string of the molecule is O=C1[C@H]2CC=CC[C@H]2C(=O)N1c1ccccc1Cl. The predicted molar refractivity (Wildman–Crippen MR) is 69.3 cm³/mol. The van der Waals surface area contributed by atoms with E-state index in [0.29, 0.717) is 23.6 Å². The van der Waals surface area contributed by atoms with Crippen molar-refractivity contribution in [2.75, 3.05) is 4.90 Å². The van der Waals surface area contributed by atoms with Crippen molar-refractivity contribution in [1.82, 2.24) is 0 Å². The van der Waals surface area contributed by atoms with Gasteiger partial charge in [0.25, 0.3) is 0 Å². The Balaban J connectivity index is 2.02. The molecule has 1 aliphatic heterocycles. The minimum absolute atomic E-state index is 0.123. The number of para-hydroxylation sites is 1. The van der Waals surface area contributed by atoms with Gasteiger partial charge >= 0.3 is 0 Å². The van der Waals surface area contributed by atoms with E-state index in [1.165, 1.54) is 4.90 Å². The topological polar surface area (TPSA) is 37.4 Å². The number of allylic oxidation sites excluding steroid dienone is 2. The van der Waals surface area contributed by atoms with Crippen LogP contribution < -0.4 is 4.90 Å². The molecule has 0 N–H and O–H groups in total. The molecule has 0 aromatic heterocycles. The molecule has 92 valence electrons. The first-order valence-electron chi connectivity index (χ1n) is 5.97. The fourth-order valence-electron chi connectivity index (χ4n) is 2.67. The first kappa shape index (κ1) is 11.5. The highest BCUT2D eigenvalue weighted by molar-refractivity contribution is 6.36. The Hall–Kier alpha value is -1.61. The van der Waals surface area contributed by atoms with Gasteiger partial charge in [-0.15, -0.1) is 0 Å². The van der Waals surface area contributed by atoms with Gasteiger partial charge in [-0.2, -0.15) is 0 Å². The molecule has 3 rings (SSSR count). The Morgan fingerprint density at radius 2 is 1.56 bits per heavy atom. The summed E-state index contributed by atoms with van der Waals surface area (Å²) in [6.45, 7) is 0. The molecule has 1 saturated heterocycles. The summed E-state index contributed by atoms with van der Waals surface area (Å²) in [5.41, 5.74) is 0.503. The zero-order valence-corrected chi connectivity index (χ0v) is 10.4. The number of hydrogen-bond donors (Lipinski definition) is 0. The van der Waals surface area contributed by atoms with Gasteiger partial charge < -0.3 is 0 Å². The molecule has 0 radical (unpaired) electrons. The summed E-state index contributed by atoms with van der Waals surface area (Å²) < 4.78 is 0. The largest absolute Gasteiger partial charge is 0.274 e. The number of benzene rings is 1. The summed E-state index contributed by atoms with van der Waals surface area (Å²) in [6, 6.07) is 6.97. The molecular weight excluding hydrogens is 250 g/mol. The average Bonchev–Trinajstić information content (AvgIpc) is 2.64. The quantitative estimate of drug-likeness (QED) is 0.576. The number of fused-ring (bicyclic) bond motifs is 1. The number of rotatable bonds is 1. The van der Waals surface area contributed by atoms with E-state index in [1.807, 2.05) is 12.2 Å². The minimum Gasteiger partial charge on any atom is -0.274 e. The number of carbonyl (C=O) groups is 2. The van der Waals surface area contributed by atoms with Gasteiger partial charge in [-0.3, -0.25) is 9.59 Å². The third-order valence-corrected chi connectivity index (χ3v) is 3.92. The number of anilines is 1. The first-order chi connectivity index (χ1) is 8.70. The fraction of sp³-hybridized carbons (Fsp3) is 0.286. The van der Waals surface area contributed by atoms with Gasteiger partial charge in [0.05, 0.1) is 22.5 Å². The van der Waals surface area contributed by atoms with E-state index in [4.69, 9.17) is 11.6 Å². The third-order valence-electron chi connectivity index (χ3n) is 3.60. The first-order valence-corrected chi connectivity index (χ1v) is 6.35. The van der Waals surface area contributed by atoms with Crippen LogP contribution in [-0.2, 0) is 9.59 Å². The van der Waals surface area contributed by atoms with Crippen LogP contribution in [0.3, 0.4) is 0 Å². The van der Waals surface area contributed by atoms with Crippen molar-refractivity contribution in [3.63, 3.8) is 0 Å². The van der Waals surface area contributed by atoms with Gasteiger partial charge in [-0.25, -0.2) is 4.90 Å². The highest BCUT2D eigenvalue weighted by Gasteiger charge is 2.48. The smallest absolute Gasteiger partial charge is 0.238 e. The molecule has 1 aromatic carbocycles. The van der Waals surface area contributed by atoms with Crippen molar-refractivity contribution < 1.29 is 9.59 Å². The molecule has 2 amide bonds. The fourth-order valence-corrected chi connectivity index (χ4v) is 2.89. The molecule has 1 heterocycles. The number of carbonyl (C=O) groups excluding carboxylic acids is 2. The van der Waals surface area contributed by atoms with Crippen LogP contribution in [-0.4, -0.2) is 11.8 Å². The molecule has 1 aliphatic carbocycles. The molecule has 2 aliphatic rings. The summed E-state index contributed by atoms with van der Waals surface area (Å²) in [5, 5.41) is 0.436. The molecule has 0 saturated carbocycles. The number of amides is 2. The highest BCUT2D eigenvalue weighted by Crippen LogP contribution is 2.39. The minimum atomic E-state index is -0.209. The molecule has 18 heavy (non-hydrogen) atoms. The number of nitrogens with zero attached hydrogens (tertiary/aromatic N) is 1. The summed E-state index contributed by atoms with van der Waals surface area (Å²) in [5.74, 6) is -0.664. The van der Waals surface area contributed by atoms with E-state index in [1.54, 1.807) is 24.3 Å². The van der Waals surface area contributed by atoms with E-state index in [-0.39, 0.29) is 23.7 Å². The molecule has 2 atom stereocenters. The second kappa shape index (κ2) is 4.25. The number of hydrogen-bond acceptors (Lipinski definition) is 2. The zero-order chi connectivity index (χ0) is 12.7. The van der Waals surface area contributed by atoms with Gasteiger partial charge in [0.2, 0.25) is 11.8 Å². The molecule has 0 spiro atoms. The average molecular weight is 262 g/mol. The zero-order valence-electron chi connectivity index (χ0n) is 9.67. The molecule has 1 aromatic rings. The predicted octanol–water partition coefficient (Wildman–Crippen LogP) is 2.80. The van der Waals surface area contributed by atoms with E-state index in [2.05, 4.69) is 0 Å². The van der Waals surface area contributed by atoms with Crippen molar-refractivity contribution >= 4 is 29.1 Å². The summed E-state index contributed by atoms with van der Waals surface area (Å²) in [6.07, 6.45) is 5.25. The standard InChI is InChI=1S/C14H12ClNO2/c15-11-7-3-4-8-12(11)16-13(17)9-5-1-2-6-10(9)14(16)18/h1-4,7-10H,5-6H2/t9-,10+. The van der Waals surface area contributed by atoms with Crippen molar-refractivity contribution in [2.24, 2.45) is 11.8 Å². The van der Waals surface area contributed by atoms with Gasteiger partial charge in [0.1, 0.15) is 0 Å². The van der Waals surface area contributed by atoms with Crippen molar-refractivity contribution in [3.8, 4) is 0 Å². The van der Waals surface area contributed by atoms with E-state index in [9.17, 15) is 9.59 Å². The van der Waals surface area contributed by atoms with Crippen LogP contribution in [0, 0.1) is 11.8 Å². The van der Waals surface area contributed by atoms with Gasteiger partial charge in [-0.05, 0) is 25.0 Å². The summed E-state index contributed by atoms with van der Waals surface area (Å²) >= 11 is 6.07. The van der Waals surface area contributed by atoms with E-state index >= 15 is 0 Å². The number of halogens is 1. The Bertz CT molecular complexity index is 526. The Labute approximate surface area is 110 Å². The third kappa shape index (κ3) is 1.58.